The summed E-state index contributed by atoms with van der Waals surface area (Å²) in [7, 11) is 1.61. The van der Waals surface area contributed by atoms with E-state index in [4.69, 9.17) is 33.3 Å². The van der Waals surface area contributed by atoms with Crippen LogP contribution < -0.4 is 19.7 Å². The Morgan fingerprint density at radius 3 is 2.92 bits per heavy atom. The molecule has 1 N–H and O–H groups in total. The monoisotopic (exact) mass is 378 g/mol. The second kappa shape index (κ2) is 5.75. The summed E-state index contributed by atoms with van der Waals surface area (Å²) in [6, 6.07) is 10.3. The van der Waals surface area contributed by atoms with Gasteiger partial charge in [0.15, 0.2) is 22.3 Å². The SMILES string of the molecule is COc1cccc2c1O[C@@]1(C)C[C@H]2NC(=S)N1c1ccc(F)c(Cl)c1. The molecular formula is C18H16ClFN2O2S. The van der Waals surface area contributed by atoms with Crippen LogP contribution in [0.2, 0.25) is 5.02 Å². The zero-order valence-corrected chi connectivity index (χ0v) is 15.2. The van der Waals surface area contributed by atoms with Crippen molar-refractivity contribution in [2.75, 3.05) is 12.0 Å². The van der Waals surface area contributed by atoms with Crippen LogP contribution >= 0.6 is 23.8 Å². The van der Waals surface area contributed by atoms with Crippen LogP contribution in [-0.2, 0) is 0 Å². The molecule has 0 aliphatic carbocycles. The number of rotatable bonds is 2. The Balaban J connectivity index is 1.82. The molecule has 2 aliphatic rings. The first-order valence-electron chi connectivity index (χ1n) is 7.84. The molecule has 4 nitrogen and oxygen atoms in total. The number of nitrogens with one attached hydrogen (secondary N) is 1. The third-order valence-electron chi connectivity index (χ3n) is 4.64. The second-order valence-corrected chi connectivity index (χ2v) is 7.09. The van der Waals surface area contributed by atoms with E-state index in [9.17, 15) is 4.39 Å². The fraction of sp³-hybridized carbons (Fsp3) is 0.278. The minimum Gasteiger partial charge on any atom is -0.493 e. The maximum Gasteiger partial charge on any atom is 0.188 e. The third-order valence-corrected chi connectivity index (χ3v) is 5.23. The third kappa shape index (κ3) is 2.51. The van der Waals surface area contributed by atoms with E-state index in [0.717, 1.165) is 5.56 Å². The lowest BCUT2D eigenvalue weighted by Crippen LogP contribution is -2.65. The summed E-state index contributed by atoms with van der Waals surface area (Å²) in [6.45, 7) is 1.96. The molecular weight excluding hydrogens is 363 g/mol. The van der Waals surface area contributed by atoms with Crippen LogP contribution in [0.5, 0.6) is 11.5 Å². The van der Waals surface area contributed by atoms with Gasteiger partial charge in [0.05, 0.1) is 18.2 Å². The van der Waals surface area contributed by atoms with Gasteiger partial charge >= 0.3 is 0 Å². The Morgan fingerprint density at radius 1 is 1.40 bits per heavy atom. The summed E-state index contributed by atoms with van der Waals surface area (Å²) in [5, 5.41) is 3.90. The summed E-state index contributed by atoms with van der Waals surface area (Å²) in [5.74, 6) is 0.887. The lowest BCUT2D eigenvalue weighted by molar-refractivity contribution is 0.0464. The highest BCUT2D eigenvalue weighted by atomic mass is 35.5. The Kier molecular flexibility index (Phi) is 3.77. The van der Waals surface area contributed by atoms with Crippen molar-refractivity contribution in [1.82, 2.24) is 5.32 Å². The Morgan fingerprint density at radius 2 is 2.20 bits per heavy atom. The minimum atomic E-state index is -0.740. The van der Waals surface area contributed by atoms with Crippen molar-refractivity contribution < 1.29 is 13.9 Å². The molecule has 2 aromatic rings. The molecule has 1 fully saturated rings. The summed E-state index contributed by atoms with van der Waals surface area (Å²) < 4.78 is 25.4. The molecule has 2 atom stereocenters. The zero-order chi connectivity index (χ0) is 17.8. The van der Waals surface area contributed by atoms with Gasteiger partial charge in [-0.25, -0.2) is 4.39 Å². The lowest BCUT2D eigenvalue weighted by atomic mass is 9.90. The van der Waals surface area contributed by atoms with Crippen molar-refractivity contribution in [3.8, 4) is 11.5 Å². The molecule has 7 heteroatoms. The van der Waals surface area contributed by atoms with Crippen molar-refractivity contribution in [3.05, 3.63) is 52.8 Å². The summed E-state index contributed by atoms with van der Waals surface area (Å²) >= 11 is 11.5. The molecule has 2 aromatic carbocycles. The van der Waals surface area contributed by atoms with Gasteiger partial charge in [-0.3, -0.25) is 4.90 Å². The number of nitrogens with zero attached hydrogens (tertiary/aromatic N) is 1. The number of benzene rings is 2. The molecule has 0 aromatic heterocycles. The van der Waals surface area contributed by atoms with Gasteiger partial charge in [-0.15, -0.1) is 0 Å². The van der Waals surface area contributed by atoms with E-state index in [1.165, 1.54) is 6.07 Å². The highest BCUT2D eigenvalue weighted by Gasteiger charge is 2.49. The number of ether oxygens (including phenoxy) is 2. The number of fused-ring (bicyclic) bond motifs is 4. The van der Waals surface area contributed by atoms with Gasteiger partial charge in [0, 0.05) is 17.7 Å². The van der Waals surface area contributed by atoms with Crippen LogP contribution in [0.3, 0.4) is 0 Å². The summed E-state index contributed by atoms with van der Waals surface area (Å²) in [4.78, 5) is 1.83. The highest BCUT2D eigenvalue weighted by Crippen LogP contribution is 2.49. The smallest absolute Gasteiger partial charge is 0.188 e. The van der Waals surface area contributed by atoms with Crippen molar-refractivity contribution in [3.63, 3.8) is 0 Å². The Labute approximate surface area is 155 Å². The topological polar surface area (TPSA) is 33.7 Å². The number of hydrogen-bond acceptors (Lipinski definition) is 3. The largest absolute Gasteiger partial charge is 0.493 e. The second-order valence-electron chi connectivity index (χ2n) is 6.30. The van der Waals surface area contributed by atoms with E-state index >= 15 is 0 Å². The van der Waals surface area contributed by atoms with E-state index in [2.05, 4.69) is 5.32 Å². The summed E-state index contributed by atoms with van der Waals surface area (Å²) in [5.41, 5.74) is 0.939. The van der Waals surface area contributed by atoms with Gasteiger partial charge in [-0.05, 0) is 43.4 Å². The number of thiocarbonyl (C=S) groups is 1. The number of halogens is 2. The molecule has 2 bridgehead atoms. The van der Waals surface area contributed by atoms with Gasteiger partial charge in [0.2, 0.25) is 0 Å². The lowest BCUT2D eigenvalue weighted by Gasteiger charge is -2.52. The standard InChI is InChI=1S/C18H16ClFN2O2S/c1-18-9-14(11-4-3-5-15(23-2)16(11)24-18)21-17(25)22(18)10-6-7-13(20)12(19)8-10/h3-8,14H,9H2,1-2H3,(H,21,25)/t14-,18+/m1/s1. The quantitative estimate of drug-likeness (QED) is 0.782. The molecule has 0 radical (unpaired) electrons. The Bertz CT molecular complexity index is 878. The molecule has 0 spiro atoms. The fourth-order valence-electron chi connectivity index (χ4n) is 3.54. The summed E-state index contributed by atoms with van der Waals surface area (Å²) in [6.07, 6.45) is 0.669. The van der Waals surface area contributed by atoms with Gasteiger partial charge in [0.1, 0.15) is 5.82 Å². The first-order chi connectivity index (χ1) is 11.9. The van der Waals surface area contributed by atoms with Crippen LogP contribution in [0.15, 0.2) is 36.4 Å². The van der Waals surface area contributed by atoms with Crippen molar-refractivity contribution in [1.29, 1.82) is 0 Å². The van der Waals surface area contributed by atoms with Crippen LogP contribution in [0.1, 0.15) is 24.9 Å². The van der Waals surface area contributed by atoms with E-state index in [1.54, 1.807) is 19.2 Å². The number of para-hydroxylation sites is 1. The molecule has 130 valence electrons. The van der Waals surface area contributed by atoms with Crippen LogP contribution in [0.4, 0.5) is 10.1 Å². The van der Waals surface area contributed by atoms with Gasteiger partial charge in [-0.2, -0.15) is 0 Å². The van der Waals surface area contributed by atoms with Gasteiger partial charge in [0.25, 0.3) is 0 Å². The van der Waals surface area contributed by atoms with Crippen LogP contribution in [0, 0.1) is 5.82 Å². The van der Waals surface area contributed by atoms with Crippen LogP contribution in [-0.4, -0.2) is 17.9 Å². The Hall–Kier alpha value is -2.05. The average molecular weight is 379 g/mol. The first-order valence-corrected chi connectivity index (χ1v) is 8.63. The van der Waals surface area contributed by atoms with Gasteiger partial charge < -0.3 is 14.8 Å². The van der Waals surface area contributed by atoms with E-state index in [1.807, 2.05) is 30.0 Å². The van der Waals surface area contributed by atoms with Crippen LogP contribution in [0.25, 0.3) is 0 Å². The fourth-order valence-corrected chi connectivity index (χ4v) is 4.15. The molecule has 2 heterocycles. The minimum absolute atomic E-state index is 0.0171. The maximum atomic E-state index is 13.6. The molecule has 1 saturated heterocycles. The van der Waals surface area contributed by atoms with Crippen molar-refractivity contribution in [2.45, 2.75) is 25.1 Å². The molecule has 0 unspecified atom stereocenters. The van der Waals surface area contributed by atoms with Crippen molar-refractivity contribution >= 4 is 34.6 Å². The molecule has 4 rings (SSSR count). The number of methoxy groups -OCH3 is 1. The molecule has 2 aliphatic heterocycles. The number of anilines is 1. The highest BCUT2D eigenvalue weighted by molar-refractivity contribution is 7.80. The van der Waals surface area contributed by atoms with E-state index < -0.39 is 11.5 Å². The van der Waals surface area contributed by atoms with E-state index in [0.29, 0.717) is 28.7 Å². The molecule has 25 heavy (non-hydrogen) atoms. The predicted molar refractivity (Wildman–Crippen MR) is 99.0 cm³/mol. The predicted octanol–water partition coefficient (Wildman–Crippen LogP) is 4.42. The molecule has 0 saturated carbocycles. The van der Waals surface area contributed by atoms with Gasteiger partial charge in [-0.1, -0.05) is 23.7 Å². The van der Waals surface area contributed by atoms with E-state index in [-0.39, 0.29) is 11.1 Å². The maximum absolute atomic E-state index is 13.6. The zero-order valence-electron chi connectivity index (χ0n) is 13.7. The number of hydrogen-bond donors (Lipinski definition) is 1. The normalized spacial score (nSPS) is 24.2. The molecule has 0 amide bonds. The van der Waals surface area contributed by atoms with Crippen molar-refractivity contribution in [2.24, 2.45) is 0 Å². The average Bonchev–Trinajstić information content (AvgIpc) is 2.57. The first kappa shape index (κ1) is 16.4.